The molecule has 3 N–H and O–H groups in total. The van der Waals surface area contributed by atoms with Crippen LogP contribution in [0.15, 0.2) is 52.5 Å². The van der Waals surface area contributed by atoms with Crippen LogP contribution in [0.5, 0.6) is 5.75 Å². The van der Waals surface area contributed by atoms with E-state index in [0.717, 1.165) is 17.8 Å². The number of halogens is 2. The number of anilines is 1. The van der Waals surface area contributed by atoms with E-state index in [9.17, 15) is 19.1 Å². The van der Waals surface area contributed by atoms with Crippen molar-refractivity contribution >= 4 is 28.3 Å². The normalized spacial score (nSPS) is 22.3. The maximum atomic E-state index is 15.5. The standard InChI is InChI=1S/C26H26F2N4O5/c1-36-25-22-15(24(33)16(26(34)35)11-32(22)21-10-17(21)27)9-18(28)23(25)31-8-7-20(19(29)12-31)30-37-13-14-5-3-2-4-6-14/h2-6,9,11,17,19,21H,7-8,10,12-13,29H2,1H3,(H,34,35)/t17-,19?,21+/m0/s1. The van der Waals surface area contributed by atoms with E-state index in [1.807, 2.05) is 30.3 Å². The minimum Gasteiger partial charge on any atom is -0.492 e. The second-order valence-electron chi connectivity index (χ2n) is 9.18. The van der Waals surface area contributed by atoms with Gasteiger partial charge in [-0.1, -0.05) is 35.5 Å². The molecular weight excluding hydrogens is 486 g/mol. The molecule has 3 atom stereocenters. The van der Waals surface area contributed by atoms with Crippen molar-refractivity contribution in [1.82, 2.24) is 4.57 Å². The molecule has 1 saturated heterocycles. The minimum atomic E-state index is -1.47. The molecule has 1 saturated carbocycles. The number of carboxylic acid groups (broad SMARTS) is 1. The third kappa shape index (κ3) is 4.62. The highest BCUT2D eigenvalue weighted by Gasteiger charge is 2.41. The summed E-state index contributed by atoms with van der Waals surface area (Å²) in [5.41, 5.74) is 6.74. The number of benzene rings is 2. The summed E-state index contributed by atoms with van der Waals surface area (Å²) in [5, 5.41) is 13.5. The summed E-state index contributed by atoms with van der Waals surface area (Å²) >= 11 is 0. The van der Waals surface area contributed by atoms with E-state index in [-0.39, 0.29) is 35.3 Å². The maximum absolute atomic E-state index is 15.5. The minimum absolute atomic E-state index is 0.0241. The topological polar surface area (TPSA) is 119 Å². The van der Waals surface area contributed by atoms with Gasteiger partial charge in [0, 0.05) is 32.1 Å². The fourth-order valence-corrected chi connectivity index (χ4v) is 4.73. The van der Waals surface area contributed by atoms with Gasteiger partial charge in [-0.05, 0) is 11.6 Å². The Morgan fingerprint density at radius 3 is 2.65 bits per heavy atom. The summed E-state index contributed by atoms with van der Waals surface area (Å²) < 4.78 is 36.5. The molecule has 1 unspecified atom stereocenters. The van der Waals surface area contributed by atoms with E-state index in [2.05, 4.69) is 5.16 Å². The molecule has 0 radical (unpaired) electrons. The summed E-state index contributed by atoms with van der Waals surface area (Å²) in [5.74, 6) is -2.21. The first-order chi connectivity index (χ1) is 17.8. The zero-order valence-corrected chi connectivity index (χ0v) is 20.1. The Morgan fingerprint density at radius 1 is 1.30 bits per heavy atom. The molecule has 1 aliphatic carbocycles. The number of aromatic carboxylic acids is 1. The quantitative estimate of drug-likeness (QED) is 0.467. The zero-order chi connectivity index (χ0) is 26.3. The van der Waals surface area contributed by atoms with Crippen LogP contribution in [0.1, 0.15) is 34.8 Å². The Balaban J connectivity index is 1.49. The number of carboxylic acids is 1. The highest BCUT2D eigenvalue weighted by atomic mass is 19.1. The van der Waals surface area contributed by atoms with Crippen LogP contribution in [-0.2, 0) is 11.4 Å². The third-order valence-corrected chi connectivity index (χ3v) is 6.73. The van der Waals surface area contributed by atoms with Crippen molar-refractivity contribution in [2.75, 3.05) is 25.1 Å². The van der Waals surface area contributed by atoms with Gasteiger partial charge in [-0.2, -0.15) is 0 Å². The van der Waals surface area contributed by atoms with E-state index in [0.29, 0.717) is 25.3 Å². The number of hydrogen-bond donors (Lipinski definition) is 2. The molecule has 0 spiro atoms. The first-order valence-corrected chi connectivity index (χ1v) is 11.9. The highest BCUT2D eigenvalue weighted by molar-refractivity contribution is 5.98. The lowest BCUT2D eigenvalue weighted by Gasteiger charge is -2.34. The number of pyridine rings is 1. The number of alkyl halides is 1. The van der Waals surface area contributed by atoms with Crippen molar-refractivity contribution < 1.29 is 28.3 Å². The van der Waals surface area contributed by atoms with Crippen LogP contribution < -0.4 is 20.8 Å². The Bertz CT molecular complexity index is 1440. The van der Waals surface area contributed by atoms with Gasteiger partial charge in [0.25, 0.3) is 0 Å². The van der Waals surface area contributed by atoms with Gasteiger partial charge >= 0.3 is 5.97 Å². The summed E-state index contributed by atoms with van der Waals surface area (Å²) in [6.07, 6.45) is 0.461. The summed E-state index contributed by atoms with van der Waals surface area (Å²) in [7, 11) is 1.33. The van der Waals surface area contributed by atoms with Gasteiger partial charge in [-0.25, -0.2) is 13.6 Å². The second kappa shape index (κ2) is 9.81. The van der Waals surface area contributed by atoms with Crippen LogP contribution in [0, 0.1) is 5.82 Å². The van der Waals surface area contributed by atoms with Crippen molar-refractivity contribution in [3.8, 4) is 5.75 Å². The van der Waals surface area contributed by atoms with Gasteiger partial charge in [0.1, 0.15) is 24.0 Å². The number of rotatable bonds is 7. The van der Waals surface area contributed by atoms with E-state index >= 15 is 4.39 Å². The molecule has 37 heavy (non-hydrogen) atoms. The van der Waals surface area contributed by atoms with E-state index in [1.165, 1.54) is 11.7 Å². The smallest absolute Gasteiger partial charge is 0.341 e. The molecule has 0 bridgehead atoms. The average molecular weight is 513 g/mol. The maximum Gasteiger partial charge on any atom is 0.341 e. The number of hydrogen-bond acceptors (Lipinski definition) is 7. The number of aromatic nitrogens is 1. The summed E-state index contributed by atoms with van der Waals surface area (Å²) in [4.78, 5) is 31.7. The number of methoxy groups -OCH3 is 1. The molecule has 11 heteroatoms. The molecule has 1 aliphatic heterocycles. The Morgan fingerprint density at radius 2 is 2.03 bits per heavy atom. The van der Waals surface area contributed by atoms with Gasteiger partial charge < -0.3 is 29.9 Å². The predicted molar refractivity (Wildman–Crippen MR) is 134 cm³/mol. The molecule has 2 heterocycles. The van der Waals surface area contributed by atoms with Crippen LogP contribution in [-0.4, -0.2) is 53.8 Å². The summed E-state index contributed by atoms with van der Waals surface area (Å²) in [6, 6.07) is 9.32. The number of nitrogens with two attached hydrogens (primary N) is 1. The molecular formula is C26H26F2N4O5. The zero-order valence-electron chi connectivity index (χ0n) is 20.1. The van der Waals surface area contributed by atoms with Crippen molar-refractivity contribution in [2.45, 2.75) is 37.7 Å². The number of carbonyl (C=O) groups is 1. The lowest BCUT2D eigenvalue weighted by atomic mass is 10.0. The molecule has 0 amide bonds. The van der Waals surface area contributed by atoms with Gasteiger partial charge in [0.2, 0.25) is 5.43 Å². The van der Waals surface area contributed by atoms with Crippen LogP contribution in [0.4, 0.5) is 14.5 Å². The van der Waals surface area contributed by atoms with E-state index in [4.69, 9.17) is 15.3 Å². The van der Waals surface area contributed by atoms with Crippen LogP contribution in [0.2, 0.25) is 0 Å². The predicted octanol–water partition coefficient (Wildman–Crippen LogP) is 3.24. The van der Waals surface area contributed by atoms with Gasteiger partial charge in [-0.3, -0.25) is 4.79 Å². The number of fused-ring (bicyclic) bond motifs is 1. The summed E-state index contributed by atoms with van der Waals surface area (Å²) in [6.45, 7) is 0.825. The fourth-order valence-electron chi connectivity index (χ4n) is 4.73. The second-order valence-corrected chi connectivity index (χ2v) is 9.18. The van der Waals surface area contributed by atoms with Gasteiger partial charge in [-0.15, -0.1) is 0 Å². The van der Waals surface area contributed by atoms with Crippen LogP contribution in [0.3, 0.4) is 0 Å². The lowest BCUT2D eigenvalue weighted by Crippen LogP contribution is -2.49. The fraction of sp³-hybridized carbons (Fsp3) is 0.346. The monoisotopic (exact) mass is 512 g/mol. The third-order valence-electron chi connectivity index (χ3n) is 6.73. The molecule has 194 valence electrons. The lowest BCUT2D eigenvalue weighted by molar-refractivity contribution is 0.0694. The molecule has 2 aliphatic rings. The molecule has 2 aromatic carbocycles. The van der Waals surface area contributed by atoms with Crippen molar-refractivity contribution in [1.29, 1.82) is 0 Å². The first-order valence-electron chi connectivity index (χ1n) is 11.9. The van der Waals surface area contributed by atoms with Gasteiger partial charge in [0.15, 0.2) is 11.6 Å². The number of nitrogens with zero attached hydrogens (tertiary/aromatic N) is 3. The SMILES string of the molecule is COc1c(N2CCC(=NOCc3ccccc3)C(N)C2)c(F)cc2c(=O)c(C(=O)O)cn([C@@H]3C[C@@H]3F)c12. The van der Waals surface area contributed by atoms with Crippen molar-refractivity contribution in [3.05, 3.63) is 69.8 Å². The number of oxime groups is 1. The average Bonchev–Trinajstić information content (AvgIpc) is 3.61. The molecule has 5 rings (SSSR count). The van der Waals surface area contributed by atoms with Gasteiger partial charge in [0.05, 0.1) is 35.8 Å². The Kier molecular flexibility index (Phi) is 6.55. The van der Waals surface area contributed by atoms with Crippen LogP contribution >= 0.6 is 0 Å². The molecule has 1 aromatic heterocycles. The molecule has 2 fully saturated rings. The largest absolute Gasteiger partial charge is 0.492 e. The number of ether oxygens (including phenoxy) is 1. The molecule has 9 nitrogen and oxygen atoms in total. The van der Waals surface area contributed by atoms with Crippen molar-refractivity contribution in [2.24, 2.45) is 10.9 Å². The van der Waals surface area contributed by atoms with Crippen molar-refractivity contribution in [3.63, 3.8) is 0 Å². The highest BCUT2D eigenvalue weighted by Crippen LogP contribution is 2.45. The first kappa shape index (κ1) is 24.7. The van der Waals surface area contributed by atoms with E-state index in [1.54, 1.807) is 4.90 Å². The Hall–Kier alpha value is -3.99. The van der Waals surface area contributed by atoms with E-state index < -0.39 is 41.0 Å². The van der Waals surface area contributed by atoms with Crippen LogP contribution in [0.25, 0.3) is 10.9 Å². The Labute approximate surface area is 210 Å². The molecule has 3 aromatic rings. The number of piperidine rings is 1.